The maximum absolute atomic E-state index is 12.8. The molecule has 0 radical (unpaired) electrons. The van der Waals surface area contributed by atoms with Gasteiger partial charge in [0.2, 0.25) is 0 Å². The van der Waals surface area contributed by atoms with E-state index in [1.807, 2.05) is 6.08 Å². The van der Waals surface area contributed by atoms with Crippen LogP contribution in [0.25, 0.3) is 0 Å². The predicted molar refractivity (Wildman–Crippen MR) is 221 cm³/mol. The molecule has 6 unspecified atom stereocenters. The van der Waals surface area contributed by atoms with Gasteiger partial charge in [-0.3, -0.25) is 18.6 Å². The van der Waals surface area contributed by atoms with Gasteiger partial charge in [0.25, 0.3) is 0 Å². The summed E-state index contributed by atoms with van der Waals surface area (Å²) in [6.07, 6.45) is 24.6. The predicted octanol–water partition coefficient (Wildman–Crippen LogP) is 7.61. The van der Waals surface area contributed by atoms with Crippen LogP contribution in [0.4, 0.5) is 0 Å². The van der Waals surface area contributed by atoms with Crippen LogP contribution in [0.15, 0.2) is 48.6 Å². The number of phosphoric ester groups is 1. The van der Waals surface area contributed by atoms with Crippen molar-refractivity contribution in [1.29, 1.82) is 0 Å². The number of esters is 2. The number of rotatable bonds is 34. The molecule has 8 atom stereocenters. The van der Waals surface area contributed by atoms with E-state index in [-0.39, 0.29) is 12.8 Å². The summed E-state index contributed by atoms with van der Waals surface area (Å²) >= 11 is 0. The number of carbonyl (C=O) groups is 2. The maximum Gasteiger partial charge on any atom is 0.472 e. The Morgan fingerprint density at radius 2 is 1.00 bits per heavy atom. The van der Waals surface area contributed by atoms with Crippen molar-refractivity contribution >= 4 is 19.8 Å². The molecule has 0 aromatic heterocycles. The number of unbranched alkanes of at least 4 members (excludes halogenated alkanes) is 14. The van der Waals surface area contributed by atoms with Gasteiger partial charge in [-0.1, -0.05) is 140 Å². The van der Waals surface area contributed by atoms with Gasteiger partial charge in [0.1, 0.15) is 43.2 Å². The van der Waals surface area contributed by atoms with Gasteiger partial charge in [-0.25, -0.2) is 4.57 Å². The van der Waals surface area contributed by atoms with Crippen molar-refractivity contribution in [3.05, 3.63) is 48.6 Å². The van der Waals surface area contributed by atoms with Gasteiger partial charge in [0.15, 0.2) is 6.10 Å². The highest BCUT2D eigenvalue weighted by molar-refractivity contribution is 7.47. The molecule has 1 fully saturated rings. The highest BCUT2D eigenvalue weighted by atomic mass is 31.2. The fourth-order valence-corrected chi connectivity index (χ4v) is 7.19. The molecular formula is C43H75O13P. The second kappa shape index (κ2) is 33.6. The summed E-state index contributed by atoms with van der Waals surface area (Å²) in [7, 11) is -5.12. The number of hydrogen-bond donors (Lipinski definition) is 6. The molecule has 330 valence electrons. The molecule has 14 heteroatoms. The molecule has 13 nitrogen and oxygen atoms in total. The second-order valence-corrected chi connectivity index (χ2v) is 16.2. The van der Waals surface area contributed by atoms with Gasteiger partial charge in [-0.05, 0) is 51.4 Å². The van der Waals surface area contributed by atoms with Gasteiger partial charge in [0, 0.05) is 12.8 Å². The summed E-state index contributed by atoms with van der Waals surface area (Å²) in [5.41, 5.74) is 0. The van der Waals surface area contributed by atoms with Gasteiger partial charge in [-0.2, -0.15) is 0 Å². The summed E-state index contributed by atoms with van der Waals surface area (Å²) in [4.78, 5) is 35.6. The van der Waals surface area contributed by atoms with Crippen molar-refractivity contribution in [2.75, 3.05) is 13.2 Å². The van der Waals surface area contributed by atoms with Crippen molar-refractivity contribution in [1.82, 2.24) is 0 Å². The number of allylic oxidation sites excluding steroid dienone is 8. The molecule has 0 amide bonds. The summed E-state index contributed by atoms with van der Waals surface area (Å²) in [5.74, 6) is -1.15. The average molecular weight is 831 g/mol. The summed E-state index contributed by atoms with van der Waals surface area (Å²) in [6, 6.07) is 0. The Bertz CT molecular complexity index is 1190. The van der Waals surface area contributed by atoms with Crippen LogP contribution >= 0.6 is 7.82 Å². The monoisotopic (exact) mass is 830 g/mol. The van der Waals surface area contributed by atoms with Crippen LogP contribution in [0.2, 0.25) is 0 Å². The van der Waals surface area contributed by atoms with Crippen molar-refractivity contribution in [2.45, 2.75) is 198 Å². The van der Waals surface area contributed by atoms with E-state index in [2.05, 4.69) is 56.4 Å². The Morgan fingerprint density at radius 1 is 0.561 bits per heavy atom. The van der Waals surface area contributed by atoms with Crippen LogP contribution < -0.4 is 0 Å². The Kier molecular flexibility index (Phi) is 31.2. The van der Waals surface area contributed by atoms with Crippen LogP contribution in [0.3, 0.4) is 0 Å². The molecule has 57 heavy (non-hydrogen) atoms. The zero-order chi connectivity index (χ0) is 42.2. The Labute approximate surface area is 341 Å². The van der Waals surface area contributed by atoms with Gasteiger partial charge >= 0.3 is 19.8 Å². The maximum atomic E-state index is 12.8. The third-order valence-electron chi connectivity index (χ3n) is 9.68. The van der Waals surface area contributed by atoms with Gasteiger partial charge in [0.05, 0.1) is 6.61 Å². The van der Waals surface area contributed by atoms with Crippen LogP contribution in [-0.2, 0) is 32.7 Å². The molecular weight excluding hydrogens is 755 g/mol. The molecule has 1 saturated carbocycles. The van der Waals surface area contributed by atoms with Crippen molar-refractivity contribution in [3.63, 3.8) is 0 Å². The largest absolute Gasteiger partial charge is 0.472 e. The standard InChI is InChI=1S/C43H75O13P/c1-3-5-7-9-11-13-15-17-18-20-22-24-26-28-30-32-37(45)55-35(34-54-57(51,52)56-43-41(49)39(47)38(46)40(48)42(43)50)33-53-36(44)31-29-27-25-23-21-19-16-14-12-10-8-6-4-2/h5,7,11,13,17-18,22,24,35,38-43,46-50H,3-4,6,8-10,12,14-16,19-21,23,25-34H2,1-2H3,(H,51,52)/b7-5-,13-11-,18-17-,24-22-/t35-,38?,39-,40?,41?,42?,43?/m1/s1. The molecule has 0 heterocycles. The second-order valence-electron chi connectivity index (χ2n) is 14.8. The Hall–Kier alpha value is -2.19. The summed E-state index contributed by atoms with van der Waals surface area (Å²) in [5, 5.41) is 50.0. The minimum Gasteiger partial charge on any atom is -0.462 e. The van der Waals surface area contributed by atoms with E-state index in [0.29, 0.717) is 12.8 Å². The van der Waals surface area contributed by atoms with Crippen LogP contribution in [-0.4, -0.2) is 98.3 Å². The van der Waals surface area contributed by atoms with E-state index in [4.69, 9.17) is 18.5 Å². The van der Waals surface area contributed by atoms with E-state index in [1.165, 1.54) is 57.8 Å². The minimum atomic E-state index is -5.12. The quantitative estimate of drug-likeness (QED) is 0.0160. The van der Waals surface area contributed by atoms with E-state index in [0.717, 1.165) is 57.8 Å². The average Bonchev–Trinajstić information content (AvgIpc) is 3.19. The van der Waals surface area contributed by atoms with Crippen molar-refractivity contribution in [2.24, 2.45) is 0 Å². The lowest BCUT2D eigenvalue weighted by molar-refractivity contribution is -0.220. The van der Waals surface area contributed by atoms with Crippen LogP contribution in [0, 0.1) is 0 Å². The molecule has 0 bridgehead atoms. The lowest BCUT2D eigenvalue weighted by atomic mass is 9.85. The molecule has 0 aliphatic heterocycles. The summed E-state index contributed by atoms with van der Waals surface area (Å²) < 4.78 is 33.4. The lowest BCUT2D eigenvalue weighted by Gasteiger charge is -2.41. The first-order valence-electron chi connectivity index (χ1n) is 21.4. The number of phosphoric acid groups is 1. The third-order valence-corrected chi connectivity index (χ3v) is 10.7. The zero-order valence-electron chi connectivity index (χ0n) is 34.6. The van der Waals surface area contributed by atoms with Gasteiger partial charge < -0.3 is 39.9 Å². The van der Waals surface area contributed by atoms with Crippen LogP contribution in [0.5, 0.6) is 0 Å². The molecule has 1 aliphatic carbocycles. The first-order valence-corrected chi connectivity index (χ1v) is 22.9. The Balaban J connectivity index is 2.53. The first kappa shape index (κ1) is 52.8. The van der Waals surface area contributed by atoms with Crippen molar-refractivity contribution < 1.29 is 63.1 Å². The number of carbonyl (C=O) groups excluding carboxylic acids is 2. The fraction of sp³-hybridized carbons (Fsp3) is 0.767. The topological polar surface area (TPSA) is 210 Å². The van der Waals surface area contributed by atoms with E-state index in [9.17, 15) is 44.6 Å². The highest BCUT2D eigenvalue weighted by Gasteiger charge is 2.51. The third kappa shape index (κ3) is 26.5. The first-order chi connectivity index (χ1) is 27.4. The van der Waals surface area contributed by atoms with E-state index < -0.39 is 75.7 Å². The molecule has 0 spiro atoms. The number of hydrogen-bond acceptors (Lipinski definition) is 12. The fourth-order valence-electron chi connectivity index (χ4n) is 6.22. The molecule has 0 saturated heterocycles. The van der Waals surface area contributed by atoms with Crippen LogP contribution in [0.1, 0.15) is 155 Å². The smallest absolute Gasteiger partial charge is 0.462 e. The van der Waals surface area contributed by atoms with Gasteiger partial charge in [-0.15, -0.1) is 0 Å². The molecule has 0 aromatic rings. The number of aliphatic hydroxyl groups excluding tert-OH is 5. The molecule has 1 aliphatic rings. The normalized spacial score (nSPS) is 23.2. The zero-order valence-corrected chi connectivity index (χ0v) is 35.5. The molecule has 6 N–H and O–H groups in total. The van der Waals surface area contributed by atoms with E-state index in [1.54, 1.807) is 0 Å². The SMILES string of the molecule is CC/C=C\C/C=C\C/C=C\C/C=C\CCCCC(=O)O[C@H](COC(=O)CCCCCCCCCCCCCCC)COP(=O)(O)OC1C(O)C(O)C(O)[C@@H](O)C1O. The molecule has 0 aromatic carbocycles. The molecule has 1 rings (SSSR count). The summed E-state index contributed by atoms with van der Waals surface area (Å²) in [6.45, 7) is 3.13. The lowest BCUT2D eigenvalue weighted by Crippen LogP contribution is -2.64. The number of aliphatic hydroxyl groups is 5. The number of ether oxygens (including phenoxy) is 2. The minimum absolute atomic E-state index is 0.0444. The highest BCUT2D eigenvalue weighted by Crippen LogP contribution is 2.47. The Morgan fingerprint density at radius 3 is 1.53 bits per heavy atom. The van der Waals surface area contributed by atoms with E-state index >= 15 is 0 Å². The van der Waals surface area contributed by atoms with Crippen molar-refractivity contribution in [3.8, 4) is 0 Å².